The lowest BCUT2D eigenvalue weighted by Crippen LogP contribution is -2.63. The number of amides is 1. The van der Waals surface area contributed by atoms with E-state index in [0.29, 0.717) is 19.0 Å². The Bertz CT molecular complexity index is 742. The molecule has 0 aromatic carbocycles. The SMILES string of the molecule is CCn1nc(C)c(CNC(=O)CCC[C@@H]2[C@H]3CCCN4CCC[C@@H](CN2C)[C@@H]34)c1C. The Hall–Kier alpha value is -1.40. The van der Waals surface area contributed by atoms with Gasteiger partial charge in [0.25, 0.3) is 0 Å². The van der Waals surface area contributed by atoms with Crippen LogP contribution in [-0.4, -0.2) is 64.3 Å². The van der Waals surface area contributed by atoms with Crippen molar-refractivity contribution in [1.29, 1.82) is 0 Å². The Kier molecular flexibility index (Phi) is 6.83. The maximum atomic E-state index is 12.5. The van der Waals surface area contributed by atoms with Gasteiger partial charge in [0.15, 0.2) is 0 Å². The van der Waals surface area contributed by atoms with E-state index in [2.05, 4.69) is 41.1 Å². The summed E-state index contributed by atoms with van der Waals surface area (Å²) in [5.74, 6) is 1.84. The van der Waals surface area contributed by atoms with Crippen LogP contribution >= 0.6 is 0 Å². The number of likely N-dealkylation sites (tertiary alicyclic amines) is 1. The van der Waals surface area contributed by atoms with Crippen molar-refractivity contribution in [3.8, 4) is 0 Å². The second kappa shape index (κ2) is 9.39. The fraction of sp³-hybridized carbons (Fsp3) is 0.833. The third-order valence-electron chi connectivity index (χ3n) is 8.13. The van der Waals surface area contributed by atoms with Gasteiger partial charge >= 0.3 is 0 Å². The molecule has 1 N–H and O–H groups in total. The molecular weight excluding hydrogens is 374 g/mol. The summed E-state index contributed by atoms with van der Waals surface area (Å²) in [5.41, 5.74) is 3.37. The zero-order chi connectivity index (χ0) is 21.3. The lowest BCUT2D eigenvalue weighted by atomic mass is 9.69. The molecule has 30 heavy (non-hydrogen) atoms. The monoisotopic (exact) mass is 415 g/mol. The first-order chi connectivity index (χ1) is 14.5. The van der Waals surface area contributed by atoms with Gasteiger partial charge in [-0.2, -0.15) is 5.10 Å². The molecule has 0 saturated carbocycles. The predicted octanol–water partition coefficient (Wildman–Crippen LogP) is 3.11. The smallest absolute Gasteiger partial charge is 0.220 e. The van der Waals surface area contributed by atoms with Gasteiger partial charge in [-0.1, -0.05) is 0 Å². The summed E-state index contributed by atoms with van der Waals surface area (Å²) in [6, 6.07) is 1.45. The van der Waals surface area contributed by atoms with Gasteiger partial charge in [0.1, 0.15) is 0 Å². The Labute approximate surface area is 182 Å². The van der Waals surface area contributed by atoms with E-state index in [1.807, 2.05) is 11.6 Å². The largest absolute Gasteiger partial charge is 0.352 e. The van der Waals surface area contributed by atoms with Crippen LogP contribution in [0.3, 0.4) is 0 Å². The first kappa shape index (κ1) is 21.8. The molecule has 6 nitrogen and oxygen atoms in total. The van der Waals surface area contributed by atoms with Crippen molar-refractivity contribution in [3.63, 3.8) is 0 Å². The van der Waals surface area contributed by atoms with Crippen molar-refractivity contribution in [2.75, 3.05) is 26.7 Å². The highest BCUT2D eigenvalue weighted by atomic mass is 16.1. The fourth-order valence-electron chi connectivity index (χ4n) is 6.69. The molecule has 1 aromatic heterocycles. The lowest BCUT2D eigenvalue weighted by molar-refractivity contribution is -0.121. The van der Waals surface area contributed by atoms with Crippen LogP contribution < -0.4 is 5.32 Å². The van der Waals surface area contributed by atoms with Crippen molar-refractivity contribution in [1.82, 2.24) is 24.9 Å². The van der Waals surface area contributed by atoms with Gasteiger partial charge < -0.3 is 10.2 Å². The molecule has 0 spiro atoms. The number of carbonyl (C=O) groups is 1. The minimum Gasteiger partial charge on any atom is -0.352 e. The van der Waals surface area contributed by atoms with Crippen LogP contribution in [0.5, 0.6) is 0 Å². The third kappa shape index (κ3) is 4.31. The molecule has 1 amide bonds. The van der Waals surface area contributed by atoms with Gasteiger partial charge in [0.2, 0.25) is 5.91 Å². The normalized spacial score (nSPS) is 29.6. The zero-order valence-electron chi connectivity index (χ0n) is 19.5. The van der Waals surface area contributed by atoms with Crippen LogP contribution in [0, 0.1) is 25.7 Å². The quantitative estimate of drug-likeness (QED) is 0.743. The average molecular weight is 416 g/mol. The summed E-state index contributed by atoms with van der Waals surface area (Å²) in [5, 5.41) is 7.70. The molecule has 4 heterocycles. The van der Waals surface area contributed by atoms with Gasteiger partial charge in [-0.25, -0.2) is 0 Å². The molecule has 4 rings (SSSR count). The van der Waals surface area contributed by atoms with Crippen molar-refractivity contribution in [3.05, 3.63) is 17.0 Å². The molecule has 3 fully saturated rings. The van der Waals surface area contributed by atoms with E-state index in [1.165, 1.54) is 56.6 Å². The molecule has 0 radical (unpaired) electrons. The van der Waals surface area contributed by atoms with Crippen LogP contribution in [0.2, 0.25) is 0 Å². The standard InChI is InChI=1S/C24H41N5O/c1-5-29-18(3)21(17(2)26-29)15-25-23(30)12-6-11-22-20-10-8-14-28-13-7-9-19(24(20)28)16-27(22)4/h19-20,22,24H,5-16H2,1-4H3,(H,25,30)/t19-,20+,22+,24-/m0/s1. The molecule has 6 heteroatoms. The van der Waals surface area contributed by atoms with Gasteiger partial charge in [-0.05, 0) is 91.3 Å². The van der Waals surface area contributed by atoms with E-state index in [-0.39, 0.29) is 5.91 Å². The second-order valence-corrected chi connectivity index (χ2v) is 9.88. The number of nitrogens with zero attached hydrogens (tertiary/aromatic N) is 4. The minimum absolute atomic E-state index is 0.178. The topological polar surface area (TPSA) is 53.4 Å². The lowest BCUT2D eigenvalue weighted by Gasteiger charge is -2.57. The molecular formula is C24H41N5O. The molecule has 3 aliphatic heterocycles. The van der Waals surface area contributed by atoms with Crippen molar-refractivity contribution in [2.24, 2.45) is 11.8 Å². The average Bonchev–Trinajstić information content (AvgIpc) is 3.01. The maximum Gasteiger partial charge on any atom is 0.220 e. The van der Waals surface area contributed by atoms with Gasteiger partial charge in [-0.15, -0.1) is 0 Å². The molecule has 3 aliphatic rings. The Morgan fingerprint density at radius 1 is 1.20 bits per heavy atom. The third-order valence-corrected chi connectivity index (χ3v) is 8.13. The van der Waals surface area contributed by atoms with Crippen LogP contribution in [-0.2, 0) is 17.9 Å². The Balaban J connectivity index is 1.27. The number of aromatic nitrogens is 2. The van der Waals surface area contributed by atoms with E-state index >= 15 is 0 Å². The summed E-state index contributed by atoms with van der Waals surface area (Å²) in [6.45, 7) is 11.6. The number of aryl methyl sites for hydroxylation is 2. The molecule has 0 unspecified atom stereocenters. The first-order valence-electron chi connectivity index (χ1n) is 12.2. The van der Waals surface area contributed by atoms with Gasteiger partial charge in [-0.3, -0.25) is 14.4 Å². The zero-order valence-corrected chi connectivity index (χ0v) is 19.5. The van der Waals surface area contributed by atoms with E-state index in [1.54, 1.807) is 0 Å². The maximum absolute atomic E-state index is 12.5. The number of hydrogen-bond acceptors (Lipinski definition) is 4. The first-order valence-corrected chi connectivity index (χ1v) is 12.2. The van der Waals surface area contributed by atoms with Crippen LogP contribution in [0.1, 0.15) is 68.8 Å². The van der Waals surface area contributed by atoms with Crippen LogP contribution in [0.4, 0.5) is 0 Å². The summed E-state index contributed by atoms with van der Waals surface area (Å²) in [6.07, 6.45) is 8.28. The highest BCUT2D eigenvalue weighted by Gasteiger charge is 2.47. The summed E-state index contributed by atoms with van der Waals surface area (Å²) in [4.78, 5) is 18.0. The highest BCUT2D eigenvalue weighted by molar-refractivity contribution is 5.75. The molecule has 4 atom stereocenters. The molecule has 1 aromatic rings. The Morgan fingerprint density at radius 2 is 1.97 bits per heavy atom. The van der Waals surface area contributed by atoms with Crippen LogP contribution in [0.15, 0.2) is 0 Å². The number of hydrogen-bond donors (Lipinski definition) is 1. The second-order valence-electron chi connectivity index (χ2n) is 9.88. The summed E-state index contributed by atoms with van der Waals surface area (Å²) in [7, 11) is 2.32. The van der Waals surface area contributed by atoms with E-state index in [4.69, 9.17) is 0 Å². The number of nitrogens with one attached hydrogen (secondary N) is 1. The fourth-order valence-corrected chi connectivity index (χ4v) is 6.69. The molecule has 3 saturated heterocycles. The molecule has 0 aliphatic carbocycles. The van der Waals surface area contributed by atoms with Crippen molar-refractivity contribution >= 4 is 5.91 Å². The Morgan fingerprint density at radius 3 is 2.70 bits per heavy atom. The van der Waals surface area contributed by atoms with E-state index in [0.717, 1.165) is 43.0 Å². The van der Waals surface area contributed by atoms with Crippen molar-refractivity contribution < 1.29 is 4.79 Å². The van der Waals surface area contributed by atoms with E-state index < -0.39 is 0 Å². The molecule has 168 valence electrons. The van der Waals surface area contributed by atoms with Crippen molar-refractivity contribution in [2.45, 2.75) is 90.9 Å². The number of carbonyl (C=O) groups excluding carboxylic acids is 1. The number of piperidine rings is 3. The molecule has 0 bridgehead atoms. The van der Waals surface area contributed by atoms with Crippen LogP contribution in [0.25, 0.3) is 0 Å². The van der Waals surface area contributed by atoms with Gasteiger partial charge in [0, 0.05) is 49.4 Å². The summed E-state index contributed by atoms with van der Waals surface area (Å²) >= 11 is 0. The van der Waals surface area contributed by atoms with Gasteiger partial charge in [0.05, 0.1) is 5.69 Å². The predicted molar refractivity (Wildman–Crippen MR) is 120 cm³/mol. The minimum atomic E-state index is 0.178. The number of rotatable bonds is 7. The highest BCUT2D eigenvalue weighted by Crippen LogP contribution is 2.42. The summed E-state index contributed by atoms with van der Waals surface area (Å²) < 4.78 is 2.02. The van der Waals surface area contributed by atoms with E-state index in [9.17, 15) is 4.79 Å².